The molecular formula is C26H20S2. The zero-order chi connectivity index (χ0) is 19.0. The molecule has 0 heterocycles. The van der Waals surface area contributed by atoms with E-state index < -0.39 is 0 Å². The second kappa shape index (κ2) is 9.50. The van der Waals surface area contributed by atoms with Crippen molar-refractivity contribution in [2.24, 2.45) is 0 Å². The third kappa shape index (κ3) is 4.78. The Hall–Kier alpha value is -2.68. The van der Waals surface area contributed by atoms with E-state index in [1.807, 2.05) is 23.5 Å². The zero-order valence-electron chi connectivity index (χ0n) is 15.4. The van der Waals surface area contributed by atoms with Gasteiger partial charge in [0.15, 0.2) is 0 Å². The third-order valence-electron chi connectivity index (χ3n) is 4.20. The minimum atomic E-state index is 1.23. The average molecular weight is 397 g/mol. The summed E-state index contributed by atoms with van der Waals surface area (Å²) in [6.07, 6.45) is 0. The van der Waals surface area contributed by atoms with Crippen molar-refractivity contribution < 1.29 is 0 Å². The normalized spacial score (nSPS) is 11.7. The van der Waals surface area contributed by atoms with Gasteiger partial charge in [0.25, 0.3) is 0 Å². The van der Waals surface area contributed by atoms with Crippen LogP contribution in [0.4, 0.5) is 0 Å². The largest absolute Gasteiger partial charge is 0.0883 e. The highest BCUT2D eigenvalue weighted by Gasteiger charge is 2.15. The summed E-state index contributed by atoms with van der Waals surface area (Å²) in [7, 11) is 0. The maximum atomic E-state index is 2.19. The molecule has 136 valence electrons. The van der Waals surface area contributed by atoms with Gasteiger partial charge in [-0.2, -0.15) is 0 Å². The van der Waals surface area contributed by atoms with Gasteiger partial charge in [0.2, 0.25) is 0 Å². The van der Waals surface area contributed by atoms with Gasteiger partial charge in [0, 0.05) is 19.6 Å². The Balaban J connectivity index is 1.88. The van der Waals surface area contributed by atoms with Gasteiger partial charge in [-0.15, -0.1) is 0 Å². The van der Waals surface area contributed by atoms with E-state index in [2.05, 4.69) is 121 Å². The summed E-state index contributed by atoms with van der Waals surface area (Å²) in [6.45, 7) is 0. The molecule has 0 aromatic heterocycles. The van der Waals surface area contributed by atoms with Crippen molar-refractivity contribution in [1.29, 1.82) is 0 Å². The van der Waals surface area contributed by atoms with Gasteiger partial charge < -0.3 is 0 Å². The van der Waals surface area contributed by atoms with Crippen molar-refractivity contribution in [2.75, 3.05) is 0 Å². The van der Waals surface area contributed by atoms with Crippen LogP contribution in [-0.4, -0.2) is 0 Å². The van der Waals surface area contributed by atoms with E-state index in [0.29, 0.717) is 0 Å². The lowest BCUT2D eigenvalue weighted by atomic mass is 10.1. The molecule has 0 unspecified atom stereocenters. The smallest absolute Gasteiger partial charge is 0.0340 e. The minimum Gasteiger partial charge on any atom is -0.0883 e. The molecule has 28 heavy (non-hydrogen) atoms. The molecule has 4 rings (SSSR count). The van der Waals surface area contributed by atoms with Gasteiger partial charge in [0.05, 0.1) is 0 Å². The summed E-state index contributed by atoms with van der Waals surface area (Å²) in [4.78, 5) is 5.02. The summed E-state index contributed by atoms with van der Waals surface area (Å²) in [5.41, 5.74) is 2.47. The lowest BCUT2D eigenvalue weighted by molar-refractivity contribution is 1.47. The van der Waals surface area contributed by atoms with Crippen LogP contribution in [0, 0.1) is 0 Å². The van der Waals surface area contributed by atoms with Crippen LogP contribution in [0.2, 0.25) is 0 Å². The second-order valence-corrected chi connectivity index (χ2v) is 8.39. The van der Waals surface area contributed by atoms with E-state index in [1.54, 1.807) is 0 Å². The van der Waals surface area contributed by atoms with Gasteiger partial charge in [-0.3, -0.25) is 0 Å². The van der Waals surface area contributed by atoms with E-state index in [-0.39, 0.29) is 0 Å². The summed E-state index contributed by atoms with van der Waals surface area (Å²) >= 11 is 3.65. The van der Waals surface area contributed by atoms with Crippen LogP contribution in [0.1, 0.15) is 11.1 Å². The summed E-state index contributed by atoms with van der Waals surface area (Å²) < 4.78 is 0. The van der Waals surface area contributed by atoms with Crippen LogP contribution in [0.25, 0.3) is 9.81 Å². The molecule has 0 radical (unpaired) electrons. The lowest BCUT2D eigenvalue weighted by Gasteiger charge is -2.16. The fourth-order valence-electron chi connectivity index (χ4n) is 2.86. The van der Waals surface area contributed by atoms with Gasteiger partial charge in [-0.05, 0) is 35.4 Å². The van der Waals surface area contributed by atoms with E-state index in [0.717, 1.165) is 0 Å². The van der Waals surface area contributed by atoms with Crippen LogP contribution in [0.3, 0.4) is 0 Å². The fraction of sp³-hybridized carbons (Fsp3) is 0. The maximum absolute atomic E-state index is 2.19. The van der Waals surface area contributed by atoms with Crippen molar-refractivity contribution in [3.8, 4) is 0 Å². The molecule has 0 aliphatic carbocycles. The van der Waals surface area contributed by atoms with Crippen LogP contribution < -0.4 is 0 Å². The van der Waals surface area contributed by atoms with Crippen molar-refractivity contribution in [3.05, 3.63) is 132 Å². The number of benzene rings is 4. The van der Waals surface area contributed by atoms with Crippen LogP contribution in [0.5, 0.6) is 0 Å². The van der Waals surface area contributed by atoms with Crippen molar-refractivity contribution in [1.82, 2.24) is 0 Å². The first kappa shape index (κ1) is 18.7. The maximum Gasteiger partial charge on any atom is 0.0340 e. The summed E-state index contributed by atoms with van der Waals surface area (Å²) in [6, 6.07) is 42.5. The zero-order valence-corrected chi connectivity index (χ0v) is 17.0. The molecule has 0 bridgehead atoms. The molecule has 0 N–H and O–H groups in total. The molecule has 2 heteroatoms. The van der Waals surface area contributed by atoms with E-state index in [1.165, 1.54) is 30.7 Å². The quantitative estimate of drug-likeness (QED) is 0.238. The average Bonchev–Trinajstić information content (AvgIpc) is 2.79. The Kier molecular flexibility index (Phi) is 6.33. The molecule has 0 fully saturated rings. The van der Waals surface area contributed by atoms with Crippen molar-refractivity contribution >= 4 is 33.3 Å². The molecule has 0 aliphatic heterocycles. The molecule has 0 saturated carbocycles. The highest BCUT2D eigenvalue weighted by Crippen LogP contribution is 2.46. The number of hydrogen-bond donors (Lipinski definition) is 0. The minimum absolute atomic E-state index is 1.23. The number of rotatable bonds is 6. The van der Waals surface area contributed by atoms with Crippen LogP contribution in [-0.2, 0) is 0 Å². The highest BCUT2D eigenvalue weighted by atomic mass is 32.2. The Labute approximate surface area is 175 Å². The topological polar surface area (TPSA) is 0 Å². The second-order valence-electron chi connectivity index (χ2n) is 6.22. The molecule has 4 aromatic carbocycles. The Morgan fingerprint density at radius 3 is 0.964 bits per heavy atom. The van der Waals surface area contributed by atoms with Crippen LogP contribution >= 0.6 is 23.5 Å². The first-order valence-corrected chi connectivity index (χ1v) is 10.8. The predicted octanol–water partition coefficient (Wildman–Crippen LogP) is 8.10. The van der Waals surface area contributed by atoms with E-state index >= 15 is 0 Å². The first-order valence-electron chi connectivity index (χ1n) is 9.21. The molecule has 0 amide bonds. The number of thioether (sulfide) groups is 2. The highest BCUT2D eigenvalue weighted by molar-refractivity contribution is 8.13. The lowest BCUT2D eigenvalue weighted by Crippen LogP contribution is -1.88. The molecule has 0 atom stereocenters. The van der Waals surface area contributed by atoms with Gasteiger partial charge in [0.1, 0.15) is 0 Å². The van der Waals surface area contributed by atoms with E-state index in [4.69, 9.17) is 0 Å². The van der Waals surface area contributed by atoms with Crippen molar-refractivity contribution in [2.45, 2.75) is 9.79 Å². The van der Waals surface area contributed by atoms with Crippen LogP contribution in [0.15, 0.2) is 131 Å². The molecule has 4 aromatic rings. The number of hydrogen-bond acceptors (Lipinski definition) is 2. The molecule has 0 nitrogen and oxygen atoms in total. The van der Waals surface area contributed by atoms with Gasteiger partial charge in [-0.1, -0.05) is 121 Å². The first-order chi connectivity index (χ1) is 13.9. The Morgan fingerprint density at radius 1 is 0.357 bits per heavy atom. The standard InChI is InChI=1S/C26H20S2/c1-5-13-21(14-6-1)25(27-23-17-9-3-10-18-23)26(22-15-7-2-8-16-22)28-24-19-11-4-12-20-24/h1-20H. The molecular weight excluding hydrogens is 376 g/mol. The molecule has 0 aliphatic rings. The SMILES string of the molecule is c1ccc(SC(=C(Sc2ccccc2)c2ccccc2)c2ccccc2)cc1. The third-order valence-corrected chi connectivity index (χ3v) is 6.64. The Morgan fingerprint density at radius 2 is 0.643 bits per heavy atom. The Bertz CT molecular complexity index is 938. The summed E-state index contributed by atoms with van der Waals surface area (Å²) in [5.74, 6) is 0. The predicted molar refractivity (Wildman–Crippen MR) is 124 cm³/mol. The van der Waals surface area contributed by atoms with Crippen molar-refractivity contribution in [3.63, 3.8) is 0 Å². The monoisotopic (exact) mass is 396 g/mol. The van der Waals surface area contributed by atoms with Gasteiger partial charge in [-0.25, -0.2) is 0 Å². The van der Waals surface area contributed by atoms with Gasteiger partial charge >= 0.3 is 0 Å². The molecule has 0 saturated heterocycles. The van der Waals surface area contributed by atoms with E-state index in [9.17, 15) is 0 Å². The fourth-order valence-corrected chi connectivity index (χ4v) is 5.10. The molecule has 0 spiro atoms. The summed E-state index contributed by atoms with van der Waals surface area (Å²) in [5, 5.41) is 0.